The molecular weight excluding hydrogens is 439 g/mol. The zero-order valence-corrected chi connectivity index (χ0v) is 19.1. The number of thioether (sulfide) groups is 1. The Hall–Kier alpha value is -3.46. The van der Waals surface area contributed by atoms with Crippen molar-refractivity contribution in [2.24, 2.45) is 0 Å². The third kappa shape index (κ3) is 6.29. The Morgan fingerprint density at radius 1 is 0.970 bits per heavy atom. The highest BCUT2D eigenvalue weighted by atomic mass is 32.2. The maximum absolute atomic E-state index is 13.1. The van der Waals surface area contributed by atoms with Crippen molar-refractivity contribution < 1.29 is 9.18 Å². The third-order valence-corrected chi connectivity index (χ3v) is 5.93. The zero-order valence-electron chi connectivity index (χ0n) is 18.3. The highest BCUT2D eigenvalue weighted by molar-refractivity contribution is 7.98. The van der Waals surface area contributed by atoms with E-state index in [2.05, 4.69) is 56.5 Å². The highest BCUT2D eigenvalue weighted by Gasteiger charge is 2.10. The van der Waals surface area contributed by atoms with Gasteiger partial charge in [-0.05, 0) is 60.2 Å². The fourth-order valence-corrected chi connectivity index (χ4v) is 3.74. The van der Waals surface area contributed by atoms with Crippen LogP contribution in [0.4, 0.5) is 10.2 Å². The molecule has 2 aromatic carbocycles. The quantitative estimate of drug-likeness (QED) is 0.347. The molecule has 0 saturated carbocycles. The molecule has 4 rings (SSSR count). The van der Waals surface area contributed by atoms with E-state index < -0.39 is 0 Å². The first-order chi connectivity index (χ1) is 16.1. The molecule has 4 aromatic rings. The number of rotatable bonds is 10. The van der Waals surface area contributed by atoms with Gasteiger partial charge in [0, 0.05) is 30.8 Å². The molecule has 0 aliphatic carbocycles. The molecule has 33 heavy (non-hydrogen) atoms. The molecule has 170 valence electrons. The van der Waals surface area contributed by atoms with E-state index in [1.54, 1.807) is 28.4 Å². The molecular formula is C24H25FN6OS. The number of fused-ring (bicyclic) bond motifs is 1. The monoisotopic (exact) mass is 464 g/mol. The van der Waals surface area contributed by atoms with E-state index in [0.29, 0.717) is 43.2 Å². The summed E-state index contributed by atoms with van der Waals surface area (Å²) in [6, 6.07) is 18.3. The van der Waals surface area contributed by atoms with Crippen LogP contribution in [0.3, 0.4) is 0 Å². The van der Waals surface area contributed by atoms with Gasteiger partial charge in [0.05, 0.1) is 0 Å². The van der Waals surface area contributed by atoms with Gasteiger partial charge in [0.15, 0.2) is 11.5 Å². The molecule has 0 atom stereocenters. The summed E-state index contributed by atoms with van der Waals surface area (Å²) < 4.78 is 14.7. The average Bonchev–Trinajstić information content (AvgIpc) is 3.25. The molecule has 0 unspecified atom stereocenters. The summed E-state index contributed by atoms with van der Waals surface area (Å²) in [6.45, 7) is 1.10. The van der Waals surface area contributed by atoms with Crippen molar-refractivity contribution in [2.45, 2.75) is 30.7 Å². The number of nitrogens with zero attached hydrogens (tertiary/aromatic N) is 4. The molecule has 1 amide bonds. The Labute approximate surface area is 195 Å². The van der Waals surface area contributed by atoms with Gasteiger partial charge in [-0.1, -0.05) is 24.3 Å². The minimum atomic E-state index is -0.263. The van der Waals surface area contributed by atoms with Crippen LogP contribution >= 0.6 is 11.8 Å². The van der Waals surface area contributed by atoms with Crippen LogP contribution in [0.1, 0.15) is 23.4 Å². The van der Waals surface area contributed by atoms with E-state index in [1.807, 2.05) is 12.1 Å². The van der Waals surface area contributed by atoms with E-state index >= 15 is 0 Å². The largest absolute Gasteiger partial charge is 0.365 e. The summed E-state index contributed by atoms with van der Waals surface area (Å²) in [4.78, 5) is 13.5. The number of halogens is 1. The average molecular weight is 465 g/mol. The summed E-state index contributed by atoms with van der Waals surface area (Å²) in [5, 5.41) is 19.0. The molecule has 2 heterocycles. The SMILES string of the molecule is CSc1ccc(CCNC(=O)CCc2nnc3ccc(NCc4ccc(F)cc4)nn23)cc1. The van der Waals surface area contributed by atoms with Gasteiger partial charge < -0.3 is 10.6 Å². The van der Waals surface area contributed by atoms with Crippen molar-refractivity contribution in [2.75, 3.05) is 18.1 Å². The third-order valence-electron chi connectivity index (χ3n) is 5.18. The number of anilines is 1. The highest BCUT2D eigenvalue weighted by Crippen LogP contribution is 2.15. The van der Waals surface area contributed by atoms with E-state index in [0.717, 1.165) is 12.0 Å². The van der Waals surface area contributed by atoms with Crippen molar-refractivity contribution in [3.8, 4) is 0 Å². The van der Waals surface area contributed by atoms with Crippen LogP contribution in [0, 0.1) is 5.82 Å². The smallest absolute Gasteiger partial charge is 0.220 e. The standard InChI is InChI=1S/C24H25FN6OS/c1-33-20-8-4-17(5-9-20)14-15-26-24(32)13-12-23-29-28-22-11-10-21(30-31(22)23)27-16-18-2-6-19(25)7-3-18/h2-11H,12-16H2,1H3,(H,26,32)(H,27,30). The lowest BCUT2D eigenvalue weighted by Crippen LogP contribution is -2.26. The van der Waals surface area contributed by atoms with Crippen molar-refractivity contribution in [1.29, 1.82) is 0 Å². The number of aryl methyl sites for hydroxylation is 1. The first kappa shape index (κ1) is 22.7. The second kappa shape index (κ2) is 10.9. The maximum Gasteiger partial charge on any atom is 0.220 e. The van der Waals surface area contributed by atoms with E-state index in [-0.39, 0.29) is 11.7 Å². The molecule has 0 radical (unpaired) electrons. The fraction of sp³-hybridized carbons (Fsp3) is 0.250. The number of amides is 1. The molecule has 2 aromatic heterocycles. The van der Waals surface area contributed by atoms with Gasteiger partial charge >= 0.3 is 0 Å². The number of benzene rings is 2. The summed E-state index contributed by atoms with van der Waals surface area (Å²) in [7, 11) is 0. The van der Waals surface area contributed by atoms with E-state index in [1.165, 1.54) is 22.6 Å². The molecule has 0 spiro atoms. The Kier molecular flexibility index (Phi) is 7.51. The van der Waals surface area contributed by atoms with Crippen molar-refractivity contribution in [3.63, 3.8) is 0 Å². The number of nitrogens with one attached hydrogen (secondary N) is 2. The van der Waals surface area contributed by atoms with Crippen molar-refractivity contribution >= 4 is 29.1 Å². The molecule has 0 aliphatic rings. The van der Waals surface area contributed by atoms with Crippen LogP contribution in [-0.2, 0) is 24.2 Å². The zero-order chi connectivity index (χ0) is 23.0. The molecule has 0 fully saturated rings. The van der Waals surface area contributed by atoms with Gasteiger partial charge in [0.25, 0.3) is 0 Å². The number of hydrogen-bond donors (Lipinski definition) is 2. The summed E-state index contributed by atoms with van der Waals surface area (Å²) in [5.74, 6) is 0.974. The van der Waals surface area contributed by atoms with Crippen LogP contribution < -0.4 is 10.6 Å². The van der Waals surface area contributed by atoms with Gasteiger partial charge in [-0.2, -0.15) is 4.52 Å². The fourth-order valence-electron chi connectivity index (χ4n) is 3.33. The van der Waals surface area contributed by atoms with Gasteiger partial charge in [0.1, 0.15) is 11.6 Å². The van der Waals surface area contributed by atoms with Crippen LogP contribution in [0.2, 0.25) is 0 Å². The minimum absolute atomic E-state index is 0.0296. The molecule has 0 saturated heterocycles. The predicted molar refractivity (Wildman–Crippen MR) is 128 cm³/mol. The second-order valence-corrected chi connectivity index (χ2v) is 8.41. The van der Waals surface area contributed by atoms with Gasteiger partial charge in [0.2, 0.25) is 5.91 Å². The molecule has 9 heteroatoms. The molecule has 7 nitrogen and oxygen atoms in total. The predicted octanol–water partition coefficient (Wildman–Crippen LogP) is 3.89. The lowest BCUT2D eigenvalue weighted by atomic mass is 10.1. The number of aromatic nitrogens is 4. The van der Waals surface area contributed by atoms with Crippen LogP contribution in [0.25, 0.3) is 5.65 Å². The summed E-state index contributed by atoms with van der Waals surface area (Å²) in [6.07, 6.45) is 3.58. The Morgan fingerprint density at radius 2 is 1.73 bits per heavy atom. The van der Waals surface area contributed by atoms with Gasteiger partial charge in [-0.15, -0.1) is 27.1 Å². The number of carbonyl (C=O) groups is 1. The Bertz CT molecular complexity index is 1210. The van der Waals surface area contributed by atoms with Crippen LogP contribution in [-0.4, -0.2) is 38.5 Å². The first-order valence-electron chi connectivity index (χ1n) is 10.7. The normalized spacial score (nSPS) is 11.0. The lowest BCUT2D eigenvalue weighted by molar-refractivity contribution is -0.121. The van der Waals surface area contributed by atoms with E-state index in [9.17, 15) is 9.18 Å². The summed E-state index contributed by atoms with van der Waals surface area (Å²) in [5.41, 5.74) is 2.76. The number of carbonyl (C=O) groups excluding carboxylic acids is 1. The maximum atomic E-state index is 13.1. The van der Waals surface area contributed by atoms with Gasteiger partial charge in [-0.25, -0.2) is 4.39 Å². The van der Waals surface area contributed by atoms with E-state index in [4.69, 9.17) is 0 Å². The van der Waals surface area contributed by atoms with Crippen LogP contribution in [0.5, 0.6) is 0 Å². The Morgan fingerprint density at radius 3 is 2.48 bits per heavy atom. The second-order valence-electron chi connectivity index (χ2n) is 7.53. The van der Waals surface area contributed by atoms with Crippen molar-refractivity contribution in [1.82, 2.24) is 25.1 Å². The van der Waals surface area contributed by atoms with Gasteiger partial charge in [-0.3, -0.25) is 4.79 Å². The number of hydrogen-bond acceptors (Lipinski definition) is 6. The molecule has 0 bridgehead atoms. The first-order valence-corrected chi connectivity index (χ1v) is 11.9. The lowest BCUT2D eigenvalue weighted by Gasteiger charge is -2.07. The molecule has 2 N–H and O–H groups in total. The Balaban J connectivity index is 1.28. The summed E-state index contributed by atoms with van der Waals surface area (Å²) >= 11 is 1.71. The topological polar surface area (TPSA) is 84.2 Å². The molecule has 0 aliphatic heterocycles. The van der Waals surface area contributed by atoms with Crippen molar-refractivity contribution in [3.05, 3.63) is 83.4 Å². The minimum Gasteiger partial charge on any atom is -0.365 e. The van der Waals surface area contributed by atoms with Crippen LogP contribution in [0.15, 0.2) is 65.6 Å².